The van der Waals surface area contributed by atoms with Crippen LogP contribution >= 0.6 is 0 Å². The molecule has 0 fully saturated rings. The normalized spacial score (nSPS) is 14.7. The largest absolute Gasteiger partial charge is 0.309 e. The summed E-state index contributed by atoms with van der Waals surface area (Å²) in [5, 5.41) is 10.7. The Kier molecular flexibility index (Phi) is 6.98. The van der Waals surface area contributed by atoms with E-state index >= 15 is 0 Å². The fourth-order valence-electron chi connectivity index (χ4n) is 9.96. The van der Waals surface area contributed by atoms with E-state index in [0.717, 1.165) is 0 Å². The Bertz CT molecular complexity index is 3320. The quantitative estimate of drug-likeness (QED) is 0.156. The van der Waals surface area contributed by atoms with Crippen molar-refractivity contribution in [1.82, 2.24) is 9.13 Å². The van der Waals surface area contributed by atoms with E-state index < -0.39 is 8.07 Å². The third-order valence-electron chi connectivity index (χ3n) is 12.4. The van der Waals surface area contributed by atoms with Crippen LogP contribution in [0.1, 0.15) is 0 Å². The van der Waals surface area contributed by atoms with E-state index in [-0.39, 0.29) is 0 Å². The highest BCUT2D eigenvalue weighted by Crippen LogP contribution is 2.39. The number of nitrogens with zero attached hydrogens (tertiary/aromatic N) is 2. The van der Waals surface area contributed by atoms with Crippen LogP contribution in [0.25, 0.3) is 77.2 Å². The lowest BCUT2D eigenvalue weighted by Crippen LogP contribution is -2.76. The van der Waals surface area contributed by atoms with E-state index in [4.69, 9.17) is 0 Å². The zero-order valence-electron chi connectivity index (χ0n) is 31.2. The molecule has 1 aliphatic heterocycles. The first kappa shape index (κ1) is 32.1. The zero-order valence-corrected chi connectivity index (χ0v) is 32.2. The van der Waals surface area contributed by atoms with Gasteiger partial charge in [0.05, 0.1) is 22.1 Å². The molecule has 266 valence electrons. The van der Waals surface area contributed by atoms with Gasteiger partial charge in [-0.3, -0.25) is 0 Å². The van der Waals surface area contributed by atoms with Crippen molar-refractivity contribution in [1.29, 1.82) is 0 Å². The summed E-state index contributed by atoms with van der Waals surface area (Å²) < 4.78 is 5.01. The molecule has 0 saturated carbocycles. The maximum atomic E-state index is 2.56. The van der Waals surface area contributed by atoms with Crippen LogP contribution in [0.5, 0.6) is 0 Å². The van der Waals surface area contributed by atoms with Gasteiger partial charge in [-0.25, -0.2) is 0 Å². The summed E-state index contributed by atoms with van der Waals surface area (Å²) in [6, 6.07) is 81.4. The van der Waals surface area contributed by atoms with Gasteiger partial charge >= 0.3 is 0 Å². The summed E-state index contributed by atoms with van der Waals surface area (Å²) in [6.07, 6.45) is 0. The average Bonchev–Trinajstić information content (AvgIpc) is 3.81. The number of hydrogen-bond donors (Lipinski definition) is 0. The summed E-state index contributed by atoms with van der Waals surface area (Å²) >= 11 is 0. The van der Waals surface area contributed by atoms with Gasteiger partial charge in [0.2, 0.25) is 0 Å². The van der Waals surface area contributed by atoms with Gasteiger partial charge in [-0.2, -0.15) is 0 Å². The highest BCUT2D eigenvalue weighted by molar-refractivity contribution is 7.21. The van der Waals surface area contributed by atoms with Crippen molar-refractivity contribution in [2.45, 2.75) is 0 Å². The molecule has 0 N–H and O–H groups in total. The third-order valence-corrected chi connectivity index (χ3v) is 17.2. The molecule has 0 spiro atoms. The van der Waals surface area contributed by atoms with Gasteiger partial charge in [-0.05, 0) is 85.5 Å². The Balaban J connectivity index is 1.13. The standard InChI is InChI=1S/C54H36N2Si/c1-4-15-37(16-5-1)39-27-31-43(32-28-39)57(42-19-8-3-9-20-42)52-25-13-12-24-51(52)56-50-34-30-41(36-47(50)45-22-14-26-53(57)54(45)56)55-48-23-11-10-21-44(48)46-35-40(29-33-49(46)55)38-17-6-2-7-18-38/h1-36H. The van der Waals surface area contributed by atoms with E-state index in [1.165, 1.54) is 98.0 Å². The molecule has 0 saturated heterocycles. The number of fused-ring (bicyclic) bond motifs is 8. The monoisotopic (exact) mass is 740 g/mol. The summed E-state index contributed by atoms with van der Waals surface area (Å²) in [5.41, 5.74) is 12.4. The van der Waals surface area contributed by atoms with Gasteiger partial charge in [0.1, 0.15) is 0 Å². The molecule has 1 unspecified atom stereocenters. The highest BCUT2D eigenvalue weighted by Gasteiger charge is 2.47. The summed E-state index contributed by atoms with van der Waals surface area (Å²) in [7, 11) is -2.79. The van der Waals surface area contributed by atoms with E-state index in [1.807, 2.05) is 0 Å². The molecule has 3 heteroatoms. The van der Waals surface area contributed by atoms with Crippen molar-refractivity contribution in [3.8, 4) is 33.6 Å². The van der Waals surface area contributed by atoms with Crippen molar-refractivity contribution < 1.29 is 0 Å². The molecule has 1 atom stereocenters. The minimum Gasteiger partial charge on any atom is -0.309 e. The van der Waals surface area contributed by atoms with Crippen LogP contribution in [0.4, 0.5) is 0 Å². The van der Waals surface area contributed by atoms with E-state index in [0.29, 0.717) is 0 Å². The lowest BCUT2D eigenvalue weighted by Gasteiger charge is -2.39. The number of para-hydroxylation sites is 3. The highest BCUT2D eigenvalue weighted by atomic mass is 28.3. The fourth-order valence-corrected chi connectivity index (χ4v) is 15.1. The minimum atomic E-state index is -2.79. The van der Waals surface area contributed by atoms with Crippen LogP contribution in [0.2, 0.25) is 0 Å². The second-order valence-electron chi connectivity index (χ2n) is 15.3. The minimum absolute atomic E-state index is 1.17. The van der Waals surface area contributed by atoms with Crippen molar-refractivity contribution in [3.05, 3.63) is 218 Å². The second kappa shape index (κ2) is 12.4. The Morgan fingerprint density at radius 3 is 1.61 bits per heavy atom. The fraction of sp³-hybridized carbons (Fsp3) is 0. The molecule has 57 heavy (non-hydrogen) atoms. The van der Waals surface area contributed by atoms with Crippen LogP contribution < -0.4 is 20.7 Å². The smallest absolute Gasteiger partial charge is 0.184 e. The molecule has 11 aromatic rings. The molecule has 3 heterocycles. The average molecular weight is 741 g/mol. The molecule has 0 radical (unpaired) electrons. The van der Waals surface area contributed by atoms with Crippen LogP contribution in [0.15, 0.2) is 218 Å². The maximum Gasteiger partial charge on any atom is 0.184 e. The molecule has 2 aromatic heterocycles. The van der Waals surface area contributed by atoms with Crippen LogP contribution in [-0.4, -0.2) is 17.2 Å². The molecule has 0 bridgehead atoms. The van der Waals surface area contributed by atoms with E-state index in [2.05, 4.69) is 228 Å². The van der Waals surface area contributed by atoms with Gasteiger partial charge < -0.3 is 9.13 Å². The van der Waals surface area contributed by atoms with Crippen molar-refractivity contribution in [2.75, 3.05) is 0 Å². The molecular weight excluding hydrogens is 705 g/mol. The molecule has 9 aromatic carbocycles. The van der Waals surface area contributed by atoms with Crippen LogP contribution in [-0.2, 0) is 0 Å². The first-order valence-corrected chi connectivity index (χ1v) is 21.8. The number of rotatable bonds is 5. The first-order chi connectivity index (χ1) is 28.3. The first-order valence-electron chi connectivity index (χ1n) is 19.8. The Morgan fingerprint density at radius 2 is 0.825 bits per heavy atom. The SMILES string of the molecule is c1ccc(-c2ccc([Si]3(c4ccccc4)c4ccccc4-n4c5ccc(-n6c7ccccc7c7cc(-c8ccccc8)ccc76)cc5c5cccc3c54)cc2)cc1. The van der Waals surface area contributed by atoms with Gasteiger partial charge in [-0.1, -0.05) is 176 Å². The number of hydrogen-bond acceptors (Lipinski definition) is 0. The summed E-state index contributed by atoms with van der Waals surface area (Å²) in [6.45, 7) is 0. The Hall–Kier alpha value is -7.20. The topological polar surface area (TPSA) is 9.86 Å². The Labute approximate surface area is 332 Å². The molecule has 0 aliphatic carbocycles. The predicted octanol–water partition coefficient (Wildman–Crippen LogP) is 10.9. The lowest BCUT2D eigenvalue weighted by atomic mass is 10.0. The number of benzene rings is 9. The molecule has 2 nitrogen and oxygen atoms in total. The van der Waals surface area contributed by atoms with E-state index in [9.17, 15) is 0 Å². The van der Waals surface area contributed by atoms with Gasteiger partial charge in [-0.15, -0.1) is 0 Å². The molecular formula is C54H36N2Si. The third kappa shape index (κ3) is 4.58. The van der Waals surface area contributed by atoms with Gasteiger partial charge in [0, 0.05) is 32.9 Å². The second-order valence-corrected chi connectivity index (χ2v) is 19.0. The summed E-state index contributed by atoms with van der Waals surface area (Å²) in [5.74, 6) is 0. The maximum absolute atomic E-state index is 2.79. The van der Waals surface area contributed by atoms with Crippen molar-refractivity contribution >= 4 is 72.4 Å². The summed E-state index contributed by atoms with van der Waals surface area (Å²) in [4.78, 5) is 0. The number of aromatic nitrogens is 2. The van der Waals surface area contributed by atoms with Crippen LogP contribution in [0.3, 0.4) is 0 Å². The van der Waals surface area contributed by atoms with Crippen molar-refractivity contribution in [3.63, 3.8) is 0 Å². The Morgan fingerprint density at radius 1 is 0.298 bits per heavy atom. The molecule has 0 amide bonds. The van der Waals surface area contributed by atoms with Gasteiger partial charge in [0.15, 0.2) is 8.07 Å². The lowest BCUT2D eigenvalue weighted by molar-refractivity contribution is 1.17. The van der Waals surface area contributed by atoms with Crippen LogP contribution in [0, 0.1) is 0 Å². The van der Waals surface area contributed by atoms with Crippen molar-refractivity contribution in [2.24, 2.45) is 0 Å². The molecule has 12 rings (SSSR count). The van der Waals surface area contributed by atoms with Gasteiger partial charge in [0.25, 0.3) is 0 Å². The molecule has 1 aliphatic rings. The van der Waals surface area contributed by atoms with E-state index in [1.54, 1.807) is 0 Å². The predicted molar refractivity (Wildman–Crippen MR) is 243 cm³/mol. The zero-order chi connectivity index (χ0) is 37.5.